The molecule has 5 heteroatoms. The van der Waals surface area contributed by atoms with Gasteiger partial charge in [-0.15, -0.1) is 0 Å². The zero-order valence-corrected chi connectivity index (χ0v) is 56.6. The van der Waals surface area contributed by atoms with Gasteiger partial charge in [-0.3, -0.25) is 0 Å². The summed E-state index contributed by atoms with van der Waals surface area (Å²) in [6.45, 7) is 14.1. The molecule has 2 aliphatic heterocycles. The second kappa shape index (κ2) is 22.3. The smallest absolute Gasteiger partial charge is 0.252 e. The van der Waals surface area contributed by atoms with Gasteiger partial charge in [0.2, 0.25) is 0 Å². The number of benzene rings is 13. The van der Waals surface area contributed by atoms with Gasteiger partial charge in [0.1, 0.15) is 0 Å². The number of para-hydroxylation sites is 4. The van der Waals surface area contributed by atoms with Crippen LogP contribution in [-0.2, 0) is 10.8 Å². The topological polar surface area (TPSA) is 16.3 Å². The number of nitrogens with zero attached hydrogens (tertiary/aromatic N) is 4. The standard InChI is InChI=1S/C93H77BN4/c1-92(2,3)66-53-75(60-27-11-7-12-28-60)90(76(54-66)61-29-13-8-14-30-61)97-85-57-68(95-81-39-23-19-35-70(81)71-36-20-24-40-82(71)95)45-47-79(85)94-80-48-46-69(96-83-41-25-21-37-72(83)73-38-22-26-42-84(73)96)58-86(80)98(88-52-65(51-87(97)89(88)94)74-50-59-43-44-64(74)49-59)91-77(62-31-15-9-16-32-62)55-67(93(4,5)6)56-78(91)63-33-17-10-18-34-63/h7-42,45-48,51-59,64,74H,43-44,49-50H2,1-6H3/t59-,64+,74?/m0/s1. The van der Waals surface area contributed by atoms with E-state index in [1.54, 1.807) is 0 Å². The van der Waals surface area contributed by atoms with E-state index in [2.05, 4.69) is 352 Å². The van der Waals surface area contributed by atoms with Crippen LogP contribution in [0.4, 0.5) is 34.1 Å². The first-order chi connectivity index (χ1) is 47.9. The Balaban J connectivity index is 1.01. The zero-order valence-electron chi connectivity index (χ0n) is 56.6. The molecule has 472 valence electrons. The van der Waals surface area contributed by atoms with E-state index in [0.29, 0.717) is 11.8 Å². The number of hydrogen-bond donors (Lipinski definition) is 0. The molecule has 0 radical (unpaired) electrons. The molecule has 4 nitrogen and oxygen atoms in total. The average Bonchev–Trinajstić information content (AvgIpc) is 0.777. The van der Waals surface area contributed by atoms with Gasteiger partial charge in [0.25, 0.3) is 6.71 Å². The molecule has 1 unspecified atom stereocenters. The van der Waals surface area contributed by atoms with E-state index in [-0.39, 0.29) is 17.5 Å². The fourth-order valence-corrected chi connectivity index (χ4v) is 18.0. The molecule has 4 heterocycles. The molecule has 2 bridgehead atoms. The first kappa shape index (κ1) is 58.5. The summed E-state index contributed by atoms with van der Waals surface area (Å²) in [5.41, 5.74) is 31.4. The lowest BCUT2D eigenvalue weighted by molar-refractivity contribution is 0.420. The van der Waals surface area contributed by atoms with Crippen molar-refractivity contribution in [3.8, 4) is 55.9 Å². The minimum atomic E-state index is -0.186. The van der Waals surface area contributed by atoms with Crippen LogP contribution in [0.25, 0.3) is 99.5 Å². The van der Waals surface area contributed by atoms with Gasteiger partial charge >= 0.3 is 0 Å². The molecule has 0 saturated heterocycles. The highest BCUT2D eigenvalue weighted by molar-refractivity contribution is 7.00. The van der Waals surface area contributed by atoms with E-state index >= 15 is 0 Å². The van der Waals surface area contributed by atoms with Crippen LogP contribution < -0.4 is 26.2 Å². The highest BCUT2D eigenvalue weighted by Crippen LogP contribution is 2.58. The summed E-state index contributed by atoms with van der Waals surface area (Å²) in [6, 6.07) is 112. The molecular formula is C93H77BN4. The molecule has 2 saturated carbocycles. The van der Waals surface area contributed by atoms with Gasteiger partial charge in [-0.05, 0) is 188 Å². The third kappa shape index (κ3) is 9.18. The maximum Gasteiger partial charge on any atom is 0.252 e. The second-order valence-corrected chi connectivity index (χ2v) is 30.4. The average molecular weight is 1260 g/mol. The first-order valence-electron chi connectivity index (χ1n) is 35.5. The van der Waals surface area contributed by atoms with Gasteiger partial charge in [0.05, 0.1) is 33.4 Å². The molecule has 0 spiro atoms. The van der Waals surface area contributed by atoms with Gasteiger partial charge in [0, 0.05) is 77.9 Å². The Kier molecular flexibility index (Phi) is 13.3. The molecule has 2 fully saturated rings. The van der Waals surface area contributed by atoms with E-state index < -0.39 is 0 Å². The molecule has 19 rings (SSSR count). The predicted molar refractivity (Wildman–Crippen MR) is 416 cm³/mol. The van der Waals surface area contributed by atoms with Gasteiger partial charge < -0.3 is 18.9 Å². The van der Waals surface area contributed by atoms with Crippen molar-refractivity contribution in [2.75, 3.05) is 9.80 Å². The lowest BCUT2D eigenvalue weighted by Gasteiger charge is -2.46. The van der Waals surface area contributed by atoms with Crippen molar-refractivity contribution in [2.24, 2.45) is 11.8 Å². The van der Waals surface area contributed by atoms with Crippen LogP contribution >= 0.6 is 0 Å². The third-order valence-corrected chi connectivity index (χ3v) is 22.6. The molecule has 98 heavy (non-hydrogen) atoms. The SMILES string of the molecule is CC(C)(C)c1cc(-c2ccccc2)c(N2c3cc(-n4c5ccccc5c5ccccc54)ccc3B3c4ccc(-n5c6ccccc6c6ccccc65)cc4N(c4c(-c5ccccc5)cc(C(C)(C)C)cc4-c4ccccc4)c4cc(C5C[C@H]6CC[C@@H]5C6)cc2c43)c(-c2ccccc2)c1. The zero-order chi connectivity index (χ0) is 65.7. The monoisotopic (exact) mass is 1260 g/mol. The quantitative estimate of drug-likeness (QED) is 0.134. The van der Waals surface area contributed by atoms with Gasteiger partial charge in [-0.25, -0.2) is 0 Å². The second-order valence-electron chi connectivity index (χ2n) is 30.4. The minimum Gasteiger partial charge on any atom is -0.310 e. The van der Waals surface area contributed by atoms with Crippen molar-refractivity contribution >= 4 is 101 Å². The van der Waals surface area contributed by atoms with Crippen LogP contribution in [0.3, 0.4) is 0 Å². The fraction of sp³-hybridized carbons (Fsp3) is 0.161. The third-order valence-electron chi connectivity index (χ3n) is 22.6. The summed E-state index contributed by atoms with van der Waals surface area (Å²) >= 11 is 0. The summed E-state index contributed by atoms with van der Waals surface area (Å²) < 4.78 is 5.06. The number of fused-ring (bicyclic) bond motifs is 12. The van der Waals surface area contributed by atoms with Gasteiger partial charge in [-0.2, -0.15) is 0 Å². The molecule has 3 atom stereocenters. The highest BCUT2D eigenvalue weighted by atomic mass is 15.2. The van der Waals surface area contributed by atoms with E-state index in [1.165, 1.54) is 181 Å². The molecule has 15 aromatic rings. The molecule has 0 N–H and O–H groups in total. The van der Waals surface area contributed by atoms with Crippen molar-refractivity contribution in [1.29, 1.82) is 0 Å². The van der Waals surface area contributed by atoms with Crippen molar-refractivity contribution in [1.82, 2.24) is 9.13 Å². The molecule has 4 aliphatic rings. The van der Waals surface area contributed by atoms with Crippen molar-refractivity contribution in [3.63, 3.8) is 0 Å². The van der Waals surface area contributed by atoms with Crippen molar-refractivity contribution in [2.45, 2.75) is 84.0 Å². The minimum absolute atomic E-state index is 0.168. The van der Waals surface area contributed by atoms with E-state index in [9.17, 15) is 0 Å². The van der Waals surface area contributed by atoms with E-state index in [0.717, 1.165) is 17.3 Å². The Morgan fingerprint density at radius 3 is 0.980 bits per heavy atom. The van der Waals surface area contributed by atoms with Crippen LogP contribution in [0.5, 0.6) is 0 Å². The summed E-state index contributed by atoms with van der Waals surface area (Å²) in [6.07, 6.45) is 5.07. The maximum absolute atomic E-state index is 2.80. The van der Waals surface area contributed by atoms with Crippen LogP contribution in [0.2, 0.25) is 0 Å². The van der Waals surface area contributed by atoms with Crippen LogP contribution in [0, 0.1) is 11.8 Å². The Hall–Kier alpha value is -10.9. The molecule has 2 aromatic heterocycles. The van der Waals surface area contributed by atoms with E-state index in [4.69, 9.17) is 0 Å². The van der Waals surface area contributed by atoms with E-state index in [1.807, 2.05) is 0 Å². The molecular weight excluding hydrogens is 1180 g/mol. The summed E-state index contributed by atoms with van der Waals surface area (Å²) in [5, 5.41) is 5.00. The Bertz CT molecular complexity index is 5130. The van der Waals surface area contributed by atoms with Crippen LogP contribution in [0.15, 0.2) is 291 Å². The first-order valence-corrected chi connectivity index (χ1v) is 35.5. The number of rotatable bonds is 9. The predicted octanol–water partition coefficient (Wildman–Crippen LogP) is 23.1. The largest absolute Gasteiger partial charge is 0.310 e. The van der Waals surface area contributed by atoms with Crippen molar-refractivity contribution in [3.05, 3.63) is 308 Å². The fourth-order valence-electron chi connectivity index (χ4n) is 18.0. The van der Waals surface area contributed by atoms with Gasteiger partial charge in [-0.1, -0.05) is 254 Å². The van der Waals surface area contributed by atoms with Crippen LogP contribution in [-0.4, -0.2) is 15.8 Å². The lowest BCUT2D eigenvalue weighted by atomic mass is 9.33. The number of hydrogen-bond acceptors (Lipinski definition) is 2. The molecule has 0 amide bonds. The lowest BCUT2D eigenvalue weighted by Crippen LogP contribution is -2.61. The van der Waals surface area contributed by atoms with Crippen molar-refractivity contribution < 1.29 is 0 Å². The maximum atomic E-state index is 2.80. The summed E-state index contributed by atoms with van der Waals surface area (Å²) in [4.78, 5) is 5.59. The highest BCUT2D eigenvalue weighted by Gasteiger charge is 2.48. The number of aromatic nitrogens is 2. The molecule has 13 aromatic carbocycles. The Morgan fingerprint density at radius 2 is 0.663 bits per heavy atom. The Labute approximate surface area is 575 Å². The number of anilines is 6. The van der Waals surface area contributed by atoms with Crippen LogP contribution in [0.1, 0.15) is 89.8 Å². The normalized spacial score (nSPS) is 16.3. The van der Waals surface area contributed by atoms with Gasteiger partial charge in [0.15, 0.2) is 0 Å². The summed E-state index contributed by atoms with van der Waals surface area (Å²) in [7, 11) is 0. The summed E-state index contributed by atoms with van der Waals surface area (Å²) in [5.74, 6) is 1.72. The Morgan fingerprint density at radius 1 is 0.327 bits per heavy atom. The molecule has 2 aliphatic carbocycles.